The molecule has 0 spiro atoms. The van der Waals surface area contributed by atoms with Gasteiger partial charge in [0.15, 0.2) is 0 Å². The first-order valence-electron chi connectivity index (χ1n) is 11.9. The van der Waals surface area contributed by atoms with Crippen LogP contribution < -0.4 is 0 Å². The molecule has 0 atom stereocenters. The van der Waals surface area contributed by atoms with Gasteiger partial charge in [-0.3, -0.25) is 4.98 Å². The van der Waals surface area contributed by atoms with Crippen LogP contribution in [-0.2, 0) is 12.8 Å². The molecule has 1 heterocycles. The normalized spacial score (nSPS) is 12.5. The Balaban J connectivity index is 1.68. The standard InChI is InChI=1S/C33H23N/c1-4-13-25-22(10-1)20-23-11-3-6-15-27(23)32-29-17-8-7-16-28(29)30-18-9-19-34-33(30)31(32)21-24-12-2-5-14-26(24)25/h1-19H,20-21H2. The number of pyridine rings is 1. The van der Waals surface area contributed by atoms with Gasteiger partial charge in [0.05, 0.1) is 5.52 Å². The van der Waals surface area contributed by atoms with Crippen molar-refractivity contribution in [1.82, 2.24) is 4.98 Å². The largest absolute Gasteiger partial charge is 0.256 e. The second-order valence-electron chi connectivity index (χ2n) is 9.12. The summed E-state index contributed by atoms with van der Waals surface area (Å²) >= 11 is 0. The van der Waals surface area contributed by atoms with Crippen LogP contribution in [0, 0.1) is 0 Å². The molecule has 5 aromatic carbocycles. The Hall–Kier alpha value is -4.23. The minimum atomic E-state index is 0.840. The highest BCUT2D eigenvalue weighted by molar-refractivity contribution is 6.15. The summed E-state index contributed by atoms with van der Waals surface area (Å²) in [5.41, 5.74) is 11.8. The van der Waals surface area contributed by atoms with Crippen molar-refractivity contribution in [3.8, 4) is 22.3 Å². The molecule has 0 radical (unpaired) electrons. The molecule has 0 amide bonds. The summed E-state index contributed by atoms with van der Waals surface area (Å²) in [5.74, 6) is 0. The van der Waals surface area contributed by atoms with Gasteiger partial charge in [-0.1, -0.05) is 103 Å². The molecule has 0 bridgehead atoms. The van der Waals surface area contributed by atoms with Crippen molar-refractivity contribution in [3.05, 3.63) is 138 Å². The Morgan fingerprint density at radius 3 is 1.71 bits per heavy atom. The molecular weight excluding hydrogens is 410 g/mol. The van der Waals surface area contributed by atoms with Gasteiger partial charge in [0.25, 0.3) is 0 Å². The summed E-state index contributed by atoms with van der Waals surface area (Å²) in [7, 11) is 0. The lowest BCUT2D eigenvalue weighted by molar-refractivity contribution is 1.15. The van der Waals surface area contributed by atoms with Crippen LogP contribution in [0.15, 0.2) is 115 Å². The van der Waals surface area contributed by atoms with Crippen LogP contribution in [-0.4, -0.2) is 4.98 Å². The third kappa shape index (κ3) is 2.90. The Labute approximate surface area is 199 Å². The van der Waals surface area contributed by atoms with Gasteiger partial charge in [0.1, 0.15) is 0 Å². The van der Waals surface area contributed by atoms with Gasteiger partial charge in [0, 0.05) is 18.0 Å². The van der Waals surface area contributed by atoms with Crippen LogP contribution in [0.5, 0.6) is 0 Å². The van der Waals surface area contributed by atoms with Gasteiger partial charge < -0.3 is 0 Å². The Morgan fingerprint density at radius 1 is 0.441 bits per heavy atom. The van der Waals surface area contributed by atoms with Gasteiger partial charge in [0.2, 0.25) is 0 Å². The number of hydrogen-bond acceptors (Lipinski definition) is 1. The van der Waals surface area contributed by atoms with Crippen molar-refractivity contribution in [3.63, 3.8) is 0 Å². The van der Waals surface area contributed by atoms with E-state index in [1.54, 1.807) is 0 Å². The van der Waals surface area contributed by atoms with Gasteiger partial charge in [-0.25, -0.2) is 0 Å². The molecule has 1 heteroatoms. The van der Waals surface area contributed by atoms with Crippen LogP contribution in [0.4, 0.5) is 0 Å². The van der Waals surface area contributed by atoms with Crippen molar-refractivity contribution in [1.29, 1.82) is 0 Å². The molecule has 1 aliphatic carbocycles. The lowest BCUT2D eigenvalue weighted by atomic mass is 9.81. The molecule has 160 valence electrons. The van der Waals surface area contributed by atoms with E-state index in [2.05, 4.69) is 109 Å². The van der Waals surface area contributed by atoms with Crippen molar-refractivity contribution >= 4 is 21.7 Å². The second-order valence-corrected chi connectivity index (χ2v) is 9.12. The van der Waals surface area contributed by atoms with Gasteiger partial charge in [-0.15, -0.1) is 0 Å². The molecule has 0 fully saturated rings. The number of nitrogens with zero attached hydrogens (tertiary/aromatic N) is 1. The average Bonchev–Trinajstić information content (AvgIpc) is 2.90. The Kier molecular flexibility index (Phi) is 4.35. The third-order valence-corrected chi connectivity index (χ3v) is 7.24. The van der Waals surface area contributed by atoms with E-state index in [0.29, 0.717) is 0 Å². The molecule has 0 N–H and O–H groups in total. The summed E-state index contributed by atoms with van der Waals surface area (Å²) in [6.07, 6.45) is 3.67. The first-order chi connectivity index (χ1) is 16.9. The molecule has 0 saturated heterocycles. The summed E-state index contributed by atoms with van der Waals surface area (Å²) in [6.45, 7) is 0. The van der Waals surface area contributed by atoms with E-state index < -0.39 is 0 Å². The van der Waals surface area contributed by atoms with E-state index in [9.17, 15) is 0 Å². The van der Waals surface area contributed by atoms with Gasteiger partial charge >= 0.3 is 0 Å². The summed E-state index contributed by atoms with van der Waals surface area (Å²) in [5, 5.41) is 3.80. The summed E-state index contributed by atoms with van der Waals surface area (Å²) in [4.78, 5) is 4.96. The maximum Gasteiger partial charge on any atom is 0.0749 e. The van der Waals surface area contributed by atoms with Crippen LogP contribution in [0.1, 0.15) is 22.3 Å². The number of aromatic nitrogens is 1. The molecular formula is C33H23N. The minimum Gasteiger partial charge on any atom is -0.256 e. The first-order valence-corrected chi connectivity index (χ1v) is 11.9. The maximum absolute atomic E-state index is 4.96. The molecule has 7 rings (SSSR count). The lowest BCUT2D eigenvalue weighted by Gasteiger charge is -2.23. The van der Waals surface area contributed by atoms with Gasteiger partial charge in [-0.2, -0.15) is 0 Å². The maximum atomic E-state index is 4.96. The molecule has 1 aliphatic rings. The first kappa shape index (κ1) is 19.3. The van der Waals surface area contributed by atoms with Crippen molar-refractivity contribution < 1.29 is 0 Å². The zero-order chi connectivity index (χ0) is 22.5. The zero-order valence-electron chi connectivity index (χ0n) is 18.8. The Morgan fingerprint density at radius 2 is 0.971 bits per heavy atom. The molecule has 0 aliphatic heterocycles. The van der Waals surface area contributed by atoms with E-state index in [-0.39, 0.29) is 0 Å². The predicted octanol–water partition coefficient (Wildman–Crippen LogP) is 8.22. The molecule has 0 unspecified atom stereocenters. The topological polar surface area (TPSA) is 12.9 Å². The van der Waals surface area contributed by atoms with Crippen molar-refractivity contribution in [2.24, 2.45) is 0 Å². The number of hydrogen-bond donors (Lipinski definition) is 0. The highest BCUT2D eigenvalue weighted by Crippen LogP contribution is 2.43. The smallest absolute Gasteiger partial charge is 0.0749 e. The second kappa shape index (κ2) is 7.67. The highest BCUT2D eigenvalue weighted by atomic mass is 14.7. The van der Waals surface area contributed by atoms with E-state index in [0.717, 1.165) is 18.4 Å². The van der Waals surface area contributed by atoms with E-state index in [1.807, 2.05) is 6.20 Å². The van der Waals surface area contributed by atoms with Crippen LogP contribution in [0.2, 0.25) is 0 Å². The average molecular weight is 434 g/mol. The number of benzene rings is 5. The van der Waals surface area contributed by atoms with E-state index in [4.69, 9.17) is 4.98 Å². The third-order valence-electron chi connectivity index (χ3n) is 7.24. The number of fused-ring (bicyclic) bond motifs is 11. The molecule has 1 aromatic heterocycles. The number of rotatable bonds is 0. The van der Waals surface area contributed by atoms with Gasteiger partial charge in [-0.05, 0) is 67.8 Å². The predicted molar refractivity (Wildman–Crippen MR) is 142 cm³/mol. The molecule has 1 nitrogen and oxygen atoms in total. The van der Waals surface area contributed by atoms with E-state index in [1.165, 1.54) is 60.7 Å². The van der Waals surface area contributed by atoms with Crippen molar-refractivity contribution in [2.75, 3.05) is 0 Å². The fourth-order valence-corrected chi connectivity index (χ4v) is 5.75. The molecule has 0 saturated carbocycles. The SMILES string of the molecule is c1ccc2c(c1)Cc1ccccc1-c1c(c3ncccc3c3ccccc13)Cc1ccccc1-2. The van der Waals surface area contributed by atoms with Crippen LogP contribution in [0.25, 0.3) is 43.9 Å². The molecule has 6 aromatic rings. The zero-order valence-corrected chi connectivity index (χ0v) is 18.8. The van der Waals surface area contributed by atoms with Crippen molar-refractivity contribution in [2.45, 2.75) is 12.8 Å². The summed E-state index contributed by atoms with van der Waals surface area (Å²) < 4.78 is 0. The van der Waals surface area contributed by atoms with Crippen LogP contribution >= 0.6 is 0 Å². The quantitative estimate of drug-likeness (QED) is 0.220. The molecule has 34 heavy (non-hydrogen) atoms. The summed E-state index contributed by atoms with van der Waals surface area (Å²) in [6, 6.07) is 39.8. The fraction of sp³-hybridized carbons (Fsp3) is 0.0606. The lowest BCUT2D eigenvalue weighted by Crippen LogP contribution is -2.04. The highest BCUT2D eigenvalue weighted by Gasteiger charge is 2.22. The monoisotopic (exact) mass is 433 g/mol. The Bertz CT molecular complexity index is 1710. The van der Waals surface area contributed by atoms with E-state index >= 15 is 0 Å². The van der Waals surface area contributed by atoms with Crippen LogP contribution in [0.3, 0.4) is 0 Å². The fourth-order valence-electron chi connectivity index (χ4n) is 5.75. The minimum absolute atomic E-state index is 0.840.